The third-order valence-corrected chi connectivity index (χ3v) is 6.08. The summed E-state index contributed by atoms with van der Waals surface area (Å²) < 4.78 is 34.0. The van der Waals surface area contributed by atoms with Gasteiger partial charge in [0.15, 0.2) is 11.4 Å². The molecule has 3 aromatic rings. The molecule has 6 nitrogen and oxygen atoms in total. The van der Waals surface area contributed by atoms with Crippen molar-refractivity contribution in [3.63, 3.8) is 0 Å². The first-order chi connectivity index (χ1) is 17.0. The highest BCUT2D eigenvalue weighted by Crippen LogP contribution is 2.26. The second kappa shape index (κ2) is 11.4. The number of nitrogens with zero attached hydrogens (tertiary/aromatic N) is 4. The van der Waals surface area contributed by atoms with Crippen LogP contribution in [0.5, 0.6) is 0 Å². The lowest BCUT2D eigenvalue weighted by Crippen LogP contribution is -2.11. The van der Waals surface area contributed by atoms with Gasteiger partial charge in [-0.3, -0.25) is 19.2 Å². The average molecular weight is 481 g/mol. The second-order valence-corrected chi connectivity index (χ2v) is 8.52. The number of carbonyl (C=O) groups is 1. The minimum Gasteiger partial charge on any atom is -0.381 e. The Kier molecular flexibility index (Phi) is 8.13. The SMILES string of the molecule is CCCOCCCC(=O)c1ccc(Cc2nccn3c(C4=CCN=C4C(F)F)cnc23)cc1CC. The molecule has 0 spiro atoms. The molecule has 0 fully saturated rings. The summed E-state index contributed by atoms with van der Waals surface area (Å²) in [4.78, 5) is 25.7. The standard InChI is InChI=1S/C27H30F2N4O2/c1-3-13-35-14-5-6-24(34)20-8-7-18(15-19(20)4-2)16-22-27-32-17-23(33(27)12-11-30-22)21-9-10-31-25(21)26(28)29/h7-9,11-12,15,17,26H,3-6,10,13-14,16H2,1-2H3. The van der Waals surface area contributed by atoms with Crippen molar-refractivity contribution in [2.24, 2.45) is 4.99 Å². The van der Waals surface area contributed by atoms with E-state index in [1.807, 2.05) is 19.1 Å². The lowest BCUT2D eigenvalue weighted by molar-refractivity contribution is 0.0937. The maximum Gasteiger partial charge on any atom is 0.280 e. The van der Waals surface area contributed by atoms with E-state index in [1.165, 1.54) is 0 Å². The lowest BCUT2D eigenvalue weighted by Gasteiger charge is -2.11. The molecule has 0 aliphatic carbocycles. The number of benzene rings is 1. The van der Waals surface area contributed by atoms with Gasteiger partial charge < -0.3 is 4.74 Å². The molecule has 0 atom stereocenters. The van der Waals surface area contributed by atoms with E-state index in [9.17, 15) is 13.6 Å². The molecule has 0 bridgehead atoms. The number of ketones is 1. The number of aryl methyl sites for hydroxylation is 1. The summed E-state index contributed by atoms with van der Waals surface area (Å²) in [6.07, 6.45) is 7.46. The Morgan fingerprint density at radius 2 is 2.06 bits per heavy atom. The van der Waals surface area contributed by atoms with Crippen LogP contribution in [0.15, 0.2) is 47.9 Å². The number of allylic oxidation sites excluding steroid dienone is 1. The predicted molar refractivity (Wildman–Crippen MR) is 133 cm³/mol. The number of aromatic nitrogens is 3. The van der Waals surface area contributed by atoms with E-state index in [4.69, 9.17) is 4.74 Å². The van der Waals surface area contributed by atoms with Crippen molar-refractivity contribution >= 4 is 22.7 Å². The van der Waals surface area contributed by atoms with Gasteiger partial charge in [-0.25, -0.2) is 13.8 Å². The first-order valence-electron chi connectivity index (χ1n) is 12.1. The molecular weight excluding hydrogens is 450 g/mol. The molecule has 0 amide bonds. The number of alkyl halides is 2. The molecule has 2 aromatic heterocycles. The van der Waals surface area contributed by atoms with Crippen molar-refractivity contribution in [2.45, 2.75) is 52.4 Å². The van der Waals surface area contributed by atoms with Gasteiger partial charge in [-0.2, -0.15) is 0 Å². The normalized spacial score (nSPS) is 13.5. The van der Waals surface area contributed by atoms with E-state index in [-0.39, 0.29) is 18.0 Å². The van der Waals surface area contributed by atoms with E-state index >= 15 is 0 Å². The molecule has 35 heavy (non-hydrogen) atoms. The zero-order valence-corrected chi connectivity index (χ0v) is 20.1. The van der Waals surface area contributed by atoms with Crippen molar-refractivity contribution in [3.05, 3.63) is 70.9 Å². The number of halogens is 2. The van der Waals surface area contributed by atoms with E-state index < -0.39 is 6.43 Å². The minimum atomic E-state index is -2.63. The van der Waals surface area contributed by atoms with E-state index in [1.54, 1.807) is 29.1 Å². The Hall–Kier alpha value is -3.26. The molecule has 0 saturated heterocycles. The van der Waals surface area contributed by atoms with Gasteiger partial charge in [-0.05, 0) is 30.4 Å². The minimum absolute atomic E-state index is 0.132. The summed E-state index contributed by atoms with van der Waals surface area (Å²) in [7, 11) is 0. The highest BCUT2D eigenvalue weighted by Gasteiger charge is 2.25. The van der Waals surface area contributed by atoms with Crippen LogP contribution in [0.25, 0.3) is 11.2 Å². The number of Topliss-reactive ketones (excluding diaryl/α,β-unsaturated/α-hetero) is 1. The molecule has 3 heterocycles. The third kappa shape index (κ3) is 5.53. The van der Waals surface area contributed by atoms with Crippen molar-refractivity contribution in [1.82, 2.24) is 14.4 Å². The maximum absolute atomic E-state index is 13.4. The summed E-state index contributed by atoms with van der Waals surface area (Å²) in [5.74, 6) is 0.132. The van der Waals surface area contributed by atoms with Crippen LogP contribution in [-0.4, -0.2) is 52.0 Å². The van der Waals surface area contributed by atoms with E-state index in [2.05, 4.69) is 28.0 Å². The highest BCUT2D eigenvalue weighted by atomic mass is 19.3. The second-order valence-electron chi connectivity index (χ2n) is 8.52. The molecule has 0 unspecified atom stereocenters. The van der Waals surface area contributed by atoms with Gasteiger partial charge in [-0.15, -0.1) is 0 Å². The van der Waals surface area contributed by atoms with E-state index in [0.717, 1.165) is 41.8 Å². The summed E-state index contributed by atoms with van der Waals surface area (Å²) in [6.45, 7) is 5.67. The Morgan fingerprint density at radius 1 is 1.20 bits per heavy atom. The zero-order chi connectivity index (χ0) is 24.8. The van der Waals surface area contributed by atoms with Gasteiger partial charge in [-0.1, -0.05) is 38.1 Å². The number of hydrogen-bond donors (Lipinski definition) is 0. The van der Waals surface area contributed by atoms with Crippen LogP contribution in [-0.2, 0) is 17.6 Å². The fraction of sp³-hybridized carbons (Fsp3) is 0.407. The molecule has 184 valence electrons. The van der Waals surface area contributed by atoms with Crippen LogP contribution in [0, 0.1) is 0 Å². The summed E-state index contributed by atoms with van der Waals surface area (Å²) in [5.41, 5.74) is 4.94. The van der Waals surface area contributed by atoms with Crippen LogP contribution in [0.4, 0.5) is 8.78 Å². The van der Waals surface area contributed by atoms with Gasteiger partial charge in [0.1, 0.15) is 5.71 Å². The molecule has 8 heteroatoms. The number of aliphatic imine (C=N–C) groups is 1. The van der Waals surface area contributed by atoms with Crippen molar-refractivity contribution in [1.29, 1.82) is 0 Å². The molecule has 4 rings (SSSR count). The van der Waals surface area contributed by atoms with Gasteiger partial charge in [0.2, 0.25) is 0 Å². The number of rotatable bonds is 12. The first kappa shape index (κ1) is 24.9. The van der Waals surface area contributed by atoms with E-state index in [0.29, 0.717) is 42.8 Å². The van der Waals surface area contributed by atoms with Gasteiger partial charge >= 0.3 is 0 Å². The molecule has 1 aliphatic heterocycles. The Labute approximate surface area is 203 Å². The monoisotopic (exact) mass is 480 g/mol. The summed E-state index contributed by atoms with van der Waals surface area (Å²) in [5, 5.41) is 0. The Bertz CT molecular complexity index is 1260. The van der Waals surface area contributed by atoms with Gasteiger partial charge in [0.05, 0.1) is 24.1 Å². The van der Waals surface area contributed by atoms with Crippen LogP contribution < -0.4 is 0 Å². The molecule has 0 radical (unpaired) electrons. The topological polar surface area (TPSA) is 68.8 Å². The largest absolute Gasteiger partial charge is 0.381 e. The lowest BCUT2D eigenvalue weighted by atomic mass is 9.95. The molecular formula is C27H30F2N4O2. The summed E-state index contributed by atoms with van der Waals surface area (Å²) in [6, 6.07) is 5.90. The quantitative estimate of drug-likeness (QED) is 0.258. The number of hydrogen-bond acceptors (Lipinski definition) is 5. The first-order valence-corrected chi connectivity index (χ1v) is 12.1. The Morgan fingerprint density at radius 3 is 2.83 bits per heavy atom. The fourth-order valence-corrected chi connectivity index (χ4v) is 4.38. The van der Waals surface area contributed by atoms with Crippen molar-refractivity contribution in [3.8, 4) is 0 Å². The number of carbonyl (C=O) groups excluding carboxylic acids is 1. The molecule has 1 aliphatic rings. The van der Waals surface area contributed by atoms with Crippen molar-refractivity contribution < 1.29 is 18.3 Å². The van der Waals surface area contributed by atoms with Crippen LogP contribution >= 0.6 is 0 Å². The smallest absolute Gasteiger partial charge is 0.280 e. The third-order valence-electron chi connectivity index (χ3n) is 6.08. The molecule has 1 aromatic carbocycles. The summed E-state index contributed by atoms with van der Waals surface area (Å²) >= 11 is 0. The maximum atomic E-state index is 13.4. The van der Waals surface area contributed by atoms with Crippen LogP contribution in [0.1, 0.15) is 66.0 Å². The number of ether oxygens (including phenoxy) is 1. The predicted octanol–water partition coefficient (Wildman–Crippen LogP) is 5.38. The fourth-order valence-electron chi connectivity index (χ4n) is 4.38. The van der Waals surface area contributed by atoms with Gasteiger partial charge in [0.25, 0.3) is 6.43 Å². The van der Waals surface area contributed by atoms with Gasteiger partial charge in [0, 0.05) is 49.6 Å². The molecule has 0 saturated carbocycles. The van der Waals surface area contributed by atoms with Crippen molar-refractivity contribution in [2.75, 3.05) is 19.8 Å². The van der Waals surface area contributed by atoms with Crippen LogP contribution in [0.3, 0.4) is 0 Å². The average Bonchev–Trinajstić information content (AvgIpc) is 3.51. The Balaban J connectivity index is 1.53. The number of fused-ring (bicyclic) bond motifs is 1. The number of imidazole rings is 1. The highest BCUT2D eigenvalue weighted by molar-refractivity contribution is 6.26. The molecule has 0 N–H and O–H groups in total. The zero-order valence-electron chi connectivity index (χ0n) is 20.1. The van der Waals surface area contributed by atoms with Crippen LogP contribution in [0.2, 0.25) is 0 Å².